The summed E-state index contributed by atoms with van der Waals surface area (Å²) < 4.78 is 4.78. The molecule has 0 saturated carbocycles. The smallest absolute Gasteiger partial charge is 0.248 e. The predicted octanol–water partition coefficient (Wildman–Crippen LogP) is 3.59. The van der Waals surface area contributed by atoms with Crippen LogP contribution in [0.5, 0.6) is 5.75 Å². The number of thioether (sulfide) groups is 1. The maximum atomic E-state index is 13.8. The van der Waals surface area contributed by atoms with Gasteiger partial charge in [0.1, 0.15) is 11.8 Å². The van der Waals surface area contributed by atoms with Crippen LogP contribution in [-0.2, 0) is 14.4 Å². The number of nitrogens with one attached hydrogen (secondary N) is 2. The van der Waals surface area contributed by atoms with Crippen LogP contribution < -0.4 is 20.3 Å². The van der Waals surface area contributed by atoms with Crippen molar-refractivity contribution in [3.8, 4) is 5.75 Å². The molecule has 3 aliphatic heterocycles. The van der Waals surface area contributed by atoms with E-state index in [1.807, 2.05) is 31.2 Å². The average molecular weight is 567 g/mol. The van der Waals surface area contributed by atoms with Gasteiger partial charge in [-0.1, -0.05) is 0 Å². The number of anilines is 3. The molecule has 9 nitrogen and oxygen atoms in total. The second kappa shape index (κ2) is 11.7. The van der Waals surface area contributed by atoms with Gasteiger partial charge < -0.3 is 30.3 Å². The molecule has 1 spiro atoms. The average Bonchev–Trinajstić information content (AvgIpc) is 3.59. The van der Waals surface area contributed by atoms with Crippen LogP contribution in [0.25, 0.3) is 0 Å². The highest BCUT2D eigenvalue weighted by molar-refractivity contribution is 8.02. The van der Waals surface area contributed by atoms with Crippen molar-refractivity contribution in [2.24, 2.45) is 11.8 Å². The van der Waals surface area contributed by atoms with Gasteiger partial charge in [0.25, 0.3) is 0 Å². The third kappa shape index (κ3) is 4.92. The highest BCUT2D eigenvalue weighted by Crippen LogP contribution is 2.66. The first-order chi connectivity index (χ1) is 19.4. The fourth-order valence-corrected chi connectivity index (χ4v) is 8.90. The molecule has 0 aromatic heterocycles. The molecule has 0 radical (unpaired) electrons. The molecule has 3 N–H and O–H groups in total. The summed E-state index contributed by atoms with van der Waals surface area (Å²) in [5.74, 6) is -1.17. The molecule has 3 saturated heterocycles. The van der Waals surface area contributed by atoms with Crippen LogP contribution in [0.4, 0.5) is 17.1 Å². The number of fused-ring (bicyclic) bond motifs is 1. The molecule has 2 unspecified atom stereocenters. The number of aliphatic hydroxyl groups is 1. The predicted molar refractivity (Wildman–Crippen MR) is 158 cm³/mol. The molecule has 10 heteroatoms. The number of ether oxygens (including phenoxy) is 1. The second-order valence-electron chi connectivity index (χ2n) is 10.5. The summed E-state index contributed by atoms with van der Waals surface area (Å²) in [7, 11) is 0. The van der Waals surface area contributed by atoms with Gasteiger partial charge in [0.2, 0.25) is 17.7 Å². The molecule has 3 amide bonds. The topological polar surface area (TPSA) is 111 Å². The number of hydrogen-bond acceptors (Lipinski definition) is 7. The van der Waals surface area contributed by atoms with Gasteiger partial charge in [0.05, 0.1) is 29.8 Å². The molecular weight excluding hydrogens is 528 g/mol. The molecule has 40 heavy (non-hydrogen) atoms. The van der Waals surface area contributed by atoms with Crippen LogP contribution >= 0.6 is 11.8 Å². The number of carbonyl (C=O) groups is 3. The lowest BCUT2D eigenvalue weighted by molar-refractivity contribution is -0.138. The normalized spacial score (nSPS) is 26.5. The Morgan fingerprint density at radius 2 is 1.65 bits per heavy atom. The lowest BCUT2D eigenvalue weighted by atomic mass is 9.70. The van der Waals surface area contributed by atoms with Crippen molar-refractivity contribution in [2.75, 3.05) is 48.4 Å². The van der Waals surface area contributed by atoms with Crippen LogP contribution in [0.2, 0.25) is 0 Å². The van der Waals surface area contributed by atoms with Crippen LogP contribution in [0.1, 0.15) is 33.6 Å². The lowest BCUT2D eigenvalue weighted by Gasteiger charge is -2.34. The van der Waals surface area contributed by atoms with E-state index in [1.54, 1.807) is 36.0 Å². The maximum absolute atomic E-state index is 13.8. The Labute approximate surface area is 239 Å². The summed E-state index contributed by atoms with van der Waals surface area (Å²) in [6, 6.07) is 14.1. The Morgan fingerprint density at radius 3 is 2.25 bits per heavy atom. The van der Waals surface area contributed by atoms with Gasteiger partial charge in [0, 0.05) is 41.9 Å². The van der Waals surface area contributed by atoms with E-state index in [2.05, 4.69) is 29.4 Å². The molecule has 5 rings (SSSR count). The van der Waals surface area contributed by atoms with Crippen LogP contribution in [0.15, 0.2) is 48.5 Å². The minimum absolute atomic E-state index is 0.0448. The molecule has 3 aliphatic rings. The van der Waals surface area contributed by atoms with E-state index in [0.717, 1.165) is 30.9 Å². The van der Waals surface area contributed by atoms with E-state index in [4.69, 9.17) is 4.74 Å². The Bertz CT molecular complexity index is 1240. The quantitative estimate of drug-likeness (QED) is 0.381. The molecule has 214 valence electrons. The van der Waals surface area contributed by atoms with Crippen LogP contribution in [0, 0.1) is 11.8 Å². The zero-order chi connectivity index (χ0) is 28.4. The Hall–Kier alpha value is -3.24. The number of aliphatic hydroxyl groups excluding tert-OH is 1. The van der Waals surface area contributed by atoms with Gasteiger partial charge in [-0.25, -0.2) is 0 Å². The fourth-order valence-electron chi connectivity index (χ4n) is 6.68. The highest BCUT2D eigenvalue weighted by Gasteiger charge is 2.73. The van der Waals surface area contributed by atoms with Gasteiger partial charge in [-0.05, 0) is 82.1 Å². The lowest BCUT2D eigenvalue weighted by Crippen LogP contribution is -2.52. The number of rotatable bonds is 11. The van der Waals surface area contributed by atoms with Crippen molar-refractivity contribution in [3.05, 3.63) is 48.5 Å². The maximum Gasteiger partial charge on any atom is 0.248 e. The zero-order valence-electron chi connectivity index (χ0n) is 23.3. The van der Waals surface area contributed by atoms with E-state index >= 15 is 0 Å². The van der Waals surface area contributed by atoms with E-state index in [-0.39, 0.29) is 36.1 Å². The summed E-state index contributed by atoms with van der Waals surface area (Å²) in [6.45, 7) is 8.23. The summed E-state index contributed by atoms with van der Waals surface area (Å²) in [5, 5.41) is 15.8. The highest BCUT2D eigenvalue weighted by atomic mass is 32.2. The number of hydrogen-bond donors (Lipinski definition) is 3. The first-order valence-corrected chi connectivity index (χ1v) is 15.0. The van der Waals surface area contributed by atoms with E-state index in [0.29, 0.717) is 24.4 Å². The van der Waals surface area contributed by atoms with Gasteiger partial charge in [-0.15, -0.1) is 11.8 Å². The molecular formula is C30H38N4O5S. The Balaban J connectivity index is 1.37. The summed E-state index contributed by atoms with van der Waals surface area (Å²) in [6.07, 6.45) is 1.43. The number of likely N-dealkylation sites (tertiary alicyclic amines) is 1. The Morgan fingerprint density at radius 1 is 1.02 bits per heavy atom. The summed E-state index contributed by atoms with van der Waals surface area (Å²) in [5.41, 5.74) is 2.36. The third-order valence-electron chi connectivity index (χ3n) is 8.39. The number of amides is 3. The molecule has 2 bridgehead atoms. The molecule has 2 aromatic rings. The van der Waals surface area contributed by atoms with Crippen molar-refractivity contribution < 1.29 is 24.2 Å². The minimum Gasteiger partial charge on any atom is -0.494 e. The monoisotopic (exact) mass is 566 g/mol. The SMILES string of the molecule is CCOc1ccc(NC(=O)[C@@H]2[C@@H]3CCC4(S3)C(C(=O)Nc3ccc(N(CC)CC)cc3)N(CCO)C(=O)[C@H]24)cc1. The number of nitrogens with zero attached hydrogens (tertiary/aromatic N) is 2. The number of β-amino-alcohol motifs (C(OH)–C–C–N with tert-alkyl or cyclic N) is 1. The van der Waals surface area contributed by atoms with Crippen molar-refractivity contribution in [1.29, 1.82) is 0 Å². The molecule has 3 fully saturated rings. The van der Waals surface area contributed by atoms with Crippen molar-refractivity contribution in [3.63, 3.8) is 0 Å². The zero-order valence-corrected chi connectivity index (χ0v) is 24.1. The Kier molecular flexibility index (Phi) is 8.28. The van der Waals surface area contributed by atoms with Gasteiger partial charge in [-0.2, -0.15) is 0 Å². The van der Waals surface area contributed by atoms with E-state index in [9.17, 15) is 19.5 Å². The fraction of sp³-hybridized carbons (Fsp3) is 0.500. The number of benzene rings is 2. The van der Waals surface area contributed by atoms with E-state index in [1.165, 1.54) is 4.90 Å². The summed E-state index contributed by atoms with van der Waals surface area (Å²) >= 11 is 1.61. The molecule has 5 atom stereocenters. The molecule has 0 aliphatic carbocycles. The largest absolute Gasteiger partial charge is 0.494 e. The number of carbonyl (C=O) groups excluding carboxylic acids is 3. The summed E-state index contributed by atoms with van der Waals surface area (Å²) in [4.78, 5) is 45.0. The molecule has 3 heterocycles. The van der Waals surface area contributed by atoms with Crippen LogP contribution in [-0.4, -0.2) is 76.6 Å². The second-order valence-corrected chi connectivity index (χ2v) is 12.1. The van der Waals surface area contributed by atoms with Crippen molar-refractivity contribution in [1.82, 2.24) is 4.90 Å². The minimum atomic E-state index is -0.766. The first-order valence-electron chi connectivity index (χ1n) is 14.2. The van der Waals surface area contributed by atoms with Gasteiger partial charge in [-0.3, -0.25) is 14.4 Å². The standard InChI is InChI=1S/C30H38N4O5S/c1-4-33(5-2)21-11-7-19(8-12-21)32-28(37)26-30-16-15-23(40-30)24(25(30)29(38)34(26)17-18-35)27(36)31-20-9-13-22(14-10-20)39-6-3/h7-14,23-26,35H,4-6,15-18H2,1-3H3,(H,31,36)(H,32,37)/t23-,24+,25-,26?,30?/m0/s1. The van der Waals surface area contributed by atoms with Crippen molar-refractivity contribution >= 4 is 46.5 Å². The van der Waals surface area contributed by atoms with E-state index < -0.39 is 22.6 Å². The first kappa shape index (κ1) is 28.3. The van der Waals surface area contributed by atoms with Gasteiger partial charge >= 0.3 is 0 Å². The molecule has 2 aromatic carbocycles. The third-order valence-corrected chi connectivity index (χ3v) is 10.3. The van der Waals surface area contributed by atoms with Crippen LogP contribution in [0.3, 0.4) is 0 Å². The van der Waals surface area contributed by atoms with Crippen molar-refractivity contribution in [2.45, 2.75) is 49.7 Å². The van der Waals surface area contributed by atoms with Gasteiger partial charge in [0.15, 0.2) is 0 Å².